The number of nitrogens with one attached hydrogen (secondary N) is 1. The van der Waals surface area contributed by atoms with Crippen molar-refractivity contribution in [3.8, 4) is 0 Å². The summed E-state index contributed by atoms with van der Waals surface area (Å²) in [5.41, 5.74) is 1.01. The molecule has 0 aliphatic rings. The zero-order chi connectivity index (χ0) is 21.1. The van der Waals surface area contributed by atoms with Crippen LogP contribution in [0.25, 0.3) is 10.9 Å². The number of carbonyl (C=O) groups is 1. The molecule has 3 rings (SSSR count). The number of amides is 1. The molecule has 0 saturated heterocycles. The van der Waals surface area contributed by atoms with Crippen LogP contribution in [0.2, 0.25) is 10.0 Å². The van der Waals surface area contributed by atoms with Gasteiger partial charge in [-0.25, -0.2) is 4.98 Å². The molecule has 5 nitrogen and oxygen atoms in total. The summed E-state index contributed by atoms with van der Waals surface area (Å²) in [6.07, 6.45) is 0. The van der Waals surface area contributed by atoms with Gasteiger partial charge in [-0.1, -0.05) is 60.9 Å². The maximum atomic E-state index is 13.0. The Morgan fingerprint density at radius 2 is 1.90 bits per heavy atom. The van der Waals surface area contributed by atoms with E-state index in [9.17, 15) is 9.59 Å². The first kappa shape index (κ1) is 21.7. The number of carbonyl (C=O) groups excluding carboxylic acids is 1. The molecule has 0 spiro atoms. The summed E-state index contributed by atoms with van der Waals surface area (Å²) < 4.78 is 1.65. The van der Waals surface area contributed by atoms with E-state index in [0.29, 0.717) is 38.3 Å². The summed E-state index contributed by atoms with van der Waals surface area (Å²) in [5, 5.41) is 4.26. The number of nitrogens with zero attached hydrogens (tertiary/aromatic N) is 2. The highest BCUT2D eigenvalue weighted by Gasteiger charge is 2.20. The first-order chi connectivity index (χ1) is 13.8. The Bertz CT molecular complexity index is 1110. The van der Waals surface area contributed by atoms with E-state index in [0.717, 1.165) is 0 Å². The molecule has 29 heavy (non-hydrogen) atoms. The van der Waals surface area contributed by atoms with Gasteiger partial charge in [-0.05, 0) is 43.2 Å². The molecule has 0 aliphatic carbocycles. The lowest BCUT2D eigenvalue weighted by Gasteiger charge is -2.18. The molecular weight excluding hydrogens is 429 g/mol. The Morgan fingerprint density at radius 1 is 1.17 bits per heavy atom. The highest BCUT2D eigenvalue weighted by Crippen LogP contribution is 2.28. The summed E-state index contributed by atoms with van der Waals surface area (Å²) in [4.78, 5) is 30.3. The third-order valence-corrected chi connectivity index (χ3v) is 5.85. The zero-order valence-corrected chi connectivity index (χ0v) is 18.6. The van der Waals surface area contributed by atoms with Crippen LogP contribution in [0.5, 0.6) is 0 Å². The predicted octanol–water partition coefficient (Wildman–Crippen LogP) is 5.48. The maximum Gasteiger partial charge on any atom is 0.262 e. The van der Waals surface area contributed by atoms with Crippen molar-refractivity contribution in [2.45, 2.75) is 37.7 Å². The largest absolute Gasteiger partial charge is 0.324 e. The molecule has 1 heterocycles. The van der Waals surface area contributed by atoms with E-state index >= 15 is 0 Å². The fourth-order valence-corrected chi connectivity index (χ4v) is 4.17. The van der Waals surface area contributed by atoms with Gasteiger partial charge in [-0.2, -0.15) is 0 Å². The molecule has 152 valence electrons. The number of hydrogen-bond donors (Lipinski definition) is 1. The first-order valence-corrected chi connectivity index (χ1v) is 10.8. The number of halogens is 2. The lowest BCUT2D eigenvalue weighted by molar-refractivity contribution is -0.115. The fourth-order valence-electron chi connectivity index (χ4n) is 2.80. The quantitative estimate of drug-likeness (QED) is 0.399. The van der Waals surface area contributed by atoms with Gasteiger partial charge >= 0.3 is 0 Å². The van der Waals surface area contributed by atoms with E-state index in [4.69, 9.17) is 23.2 Å². The predicted molar refractivity (Wildman–Crippen MR) is 121 cm³/mol. The monoisotopic (exact) mass is 449 g/mol. The van der Waals surface area contributed by atoms with Gasteiger partial charge in [0.1, 0.15) is 0 Å². The van der Waals surface area contributed by atoms with Crippen molar-refractivity contribution in [3.05, 3.63) is 62.9 Å². The molecule has 0 radical (unpaired) electrons. The third-order valence-electron chi connectivity index (χ3n) is 4.21. The molecule has 0 fully saturated rings. The molecule has 1 atom stereocenters. The van der Waals surface area contributed by atoms with Crippen LogP contribution in [0, 0.1) is 5.92 Å². The topological polar surface area (TPSA) is 64.0 Å². The van der Waals surface area contributed by atoms with E-state index in [-0.39, 0.29) is 17.4 Å². The molecule has 1 amide bonds. The molecule has 0 bridgehead atoms. The molecule has 1 unspecified atom stereocenters. The van der Waals surface area contributed by atoms with Crippen LogP contribution in [-0.4, -0.2) is 20.7 Å². The number of aromatic nitrogens is 2. The molecule has 2 aromatic carbocycles. The second-order valence-electron chi connectivity index (χ2n) is 7.09. The highest BCUT2D eigenvalue weighted by atomic mass is 35.5. The molecule has 0 aliphatic heterocycles. The van der Waals surface area contributed by atoms with Gasteiger partial charge in [-0.3, -0.25) is 14.2 Å². The van der Waals surface area contributed by atoms with Gasteiger partial charge in [0.25, 0.3) is 5.56 Å². The number of thioether (sulfide) groups is 1. The summed E-state index contributed by atoms with van der Waals surface area (Å²) >= 11 is 13.3. The van der Waals surface area contributed by atoms with Crippen molar-refractivity contribution < 1.29 is 4.79 Å². The van der Waals surface area contributed by atoms with Crippen molar-refractivity contribution in [2.75, 3.05) is 5.32 Å². The Labute approximate surface area is 183 Å². The van der Waals surface area contributed by atoms with Crippen LogP contribution >= 0.6 is 35.0 Å². The van der Waals surface area contributed by atoms with E-state index in [1.807, 2.05) is 26.0 Å². The summed E-state index contributed by atoms with van der Waals surface area (Å²) in [6.45, 7) is 6.37. The third kappa shape index (κ3) is 5.13. The number of rotatable bonds is 6. The van der Waals surface area contributed by atoms with Gasteiger partial charge in [0.05, 0.1) is 26.9 Å². The van der Waals surface area contributed by atoms with Crippen LogP contribution < -0.4 is 10.9 Å². The lowest BCUT2D eigenvalue weighted by atomic mass is 10.2. The molecule has 1 N–H and O–H groups in total. The second-order valence-corrected chi connectivity index (χ2v) is 9.25. The minimum Gasteiger partial charge on any atom is -0.324 e. The van der Waals surface area contributed by atoms with Crippen molar-refractivity contribution in [2.24, 2.45) is 5.92 Å². The molecule has 1 aromatic heterocycles. The fraction of sp³-hybridized carbons (Fsp3) is 0.286. The average Bonchev–Trinajstić information content (AvgIpc) is 2.66. The lowest BCUT2D eigenvalue weighted by Crippen LogP contribution is -2.28. The molecular formula is C21H21Cl2N3O2S. The number of fused-ring (bicyclic) bond motifs is 1. The molecule has 0 saturated carbocycles. The number of anilines is 1. The Hall–Kier alpha value is -2.02. The summed E-state index contributed by atoms with van der Waals surface area (Å²) in [7, 11) is 0. The van der Waals surface area contributed by atoms with Crippen LogP contribution in [0.4, 0.5) is 5.69 Å². The van der Waals surface area contributed by atoms with Gasteiger partial charge in [0.15, 0.2) is 5.16 Å². The van der Waals surface area contributed by atoms with Crippen LogP contribution in [0.15, 0.2) is 52.4 Å². The van der Waals surface area contributed by atoms with Gasteiger partial charge in [0.2, 0.25) is 5.91 Å². The highest BCUT2D eigenvalue weighted by molar-refractivity contribution is 8.00. The zero-order valence-electron chi connectivity index (χ0n) is 16.3. The van der Waals surface area contributed by atoms with Gasteiger partial charge < -0.3 is 5.32 Å². The van der Waals surface area contributed by atoms with E-state index < -0.39 is 5.25 Å². The van der Waals surface area contributed by atoms with Gasteiger partial charge in [0, 0.05) is 11.6 Å². The Balaban J connectivity index is 1.89. The number of para-hydroxylation sites is 1. The van der Waals surface area contributed by atoms with Crippen LogP contribution in [0.3, 0.4) is 0 Å². The average molecular weight is 450 g/mol. The minimum atomic E-state index is -0.492. The van der Waals surface area contributed by atoms with Crippen LogP contribution in [-0.2, 0) is 11.3 Å². The standard InChI is InChI=1S/C21H21Cl2N3O2S/c1-12(2)11-26-20(28)15-6-4-5-7-17(15)25-21(26)29-13(3)19(27)24-18-9-8-14(22)10-16(18)23/h4-10,12-13H,11H2,1-3H3,(H,24,27). The van der Waals surface area contributed by atoms with Crippen molar-refractivity contribution in [1.82, 2.24) is 9.55 Å². The van der Waals surface area contributed by atoms with Crippen LogP contribution in [0.1, 0.15) is 20.8 Å². The van der Waals surface area contributed by atoms with E-state index in [2.05, 4.69) is 10.3 Å². The van der Waals surface area contributed by atoms with Gasteiger partial charge in [-0.15, -0.1) is 0 Å². The van der Waals surface area contributed by atoms with Crippen molar-refractivity contribution in [3.63, 3.8) is 0 Å². The smallest absolute Gasteiger partial charge is 0.262 e. The summed E-state index contributed by atoms with van der Waals surface area (Å²) in [5.74, 6) is 0.0183. The summed E-state index contributed by atoms with van der Waals surface area (Å²) in [6, 6.07) is 12.1. The normalized spacial score (nSPS) is 12.3. The maximum absolute atomic E-state index is 13.0. The SMILES string of the molecule is CC(C)Cn1c(SC(C)C(=O)Nc2ccc(Cl)cc2Cl)nc2ccccc2c1=O. The van der Waals surface area contributed by atoms with E-state index in [1.165, 1.54) is 11.8 Å². The molecule has 8 heteroatoms. The number of benzene rings is 2. The molecule has 3 aromatic rings. The Morgan fingerprint density at radius 3 is 2.59 bits per heavy atom. The minimum absolute atomic E-state index is 0.0971. The Kier molecular flexibility index (Phi) is 6.88. The van der Waals surface area contributed by atoms with E-state index in [1.54, 1.807) is 41.8 Å². The van der Waals surface area contributed by atoms with Crippen molar-refractivity contribution >= 4 is 57.5 Å². The second kappa shape index (κ2) is 9.20. The van der Waals surface area contributed by atoms with Crippen molar-refractivity contribution in [1.29, 1.82) is 0 Å². The first-order valence-electron chi connectivity index (χ1n) is 9.18. The number of hydrogen-bond acceptors (Lipinski definition) is 4.